The van der Waals surface area contributed by atoms with E-state index in [1.165, 1.54) is 6.92 Å². The standard InChI is InChI=1S/C7H4BrClF3NO/c1-3-5(8)6(4(9)2-13-3)14-7(10,11)12/h2H,1H3. The predicted molar refractivity (Wildman–Crippen MR) is 48.4 cm³/mol. The molecule has 78 valence electrons. The second-order valence-electron chi connectivity index (χ2n) is 2.38. The van der Waals surface area contributed by atoms with E-state index < -0.39 is 12.1 Å². The molecule has 0 aliphatic rings. The predicted octanol–water partition coefficient (Wildman–Crippen LogP) is 3.70. The highest BCUT2D eigenvalue weighted by molar-refractivity contribution is 9.10. The van der Waals surface area contributed by atoms with Gasteiger partial charge in [-0.05, 0) is 22.9 Å². The first-order valence-corrected chi connectivity index (χ1v) is 4.54. The normalized spacial score (nSPS) is 11.6. The molecular formula is C7H4BrClF3NO. The largest absolute Gasteiger partial charge is 0.573 e. The van der Waals surface area contributed by atoms with Gasteiger partial charge in [0.2, 0.25) is 0 Å². The van der Waals surface area contributed by atoms with Crippen molar-refractivity contribution in [1.82, 2.24) is 4.98 Å². The molecule has 2 nitrogen and oxygen atoms in total. The summed E-state index contributed by atoms with van der Waals surface area (Å²) < 4.78 is 39.6. The Balaban J connectivity index is 3.13. The van der Waals surface area contributed by atoms with Gasteiger partial charge in [-0.2, -0.15) is 0 Å². The molecule has 7 heteroatoms. The van der Waals surface area contributed by atoms with Gasteiger partial charge in [-0.25, -0.2) is 0 Å². The van der Waals surface area contributed by atoms with Crippen LogP contribution in [0.1, 0.15) is 5.69 Å². The lowest BCUT2D eigenvalue weighted by Gasteiger charge is -2.12. The fraction of sp³-hybridized carbons (Fsp3) is 0.286. The molecule has 0 N–H and O–H groups in total. The number of hydrogen-bond acceptors (Lipinski definition) is 2. The van der Waals surface area contributed by atoms with Crippen molar-refractivity contribution in [1.29, 1.82) is 0 Å². The summed E-state index contributed by atoms with van der Waals surface area (Å²) in [4.78, 5) is 3.74. The molecule has 1 rings (SSSR count). The molecule has 0 radical (unpaired) electrons. The number of hydrogen-bond donors (Lipinski definition) is 0. The van der Waals surface area contributed by atoms with Crippen LogP contribution in [0.5, 0.6) is 5.75 Å². The molecule has 0 saturated carbocycles. The van der Waals surface area contributed by atoms with Crippen molar-refractivity contribution in [2.45, 2.75) is 13.3 Å². The third-order valence-electron chi connectivity index (χ3n) is 1.32. The lowest BCUT2D eigenvalue weighted by Crippen LogP contribution is -2.18. The molecule has 14 heavy (non-hydrogen) atoms. The van der Waals surface area contributed by atoms with Gasteiger partial charge in [0.1, 0.15) is 5.02 Å². The minimum absolute atomic E-state index is 0.0994. The fourth-order valence-electron chi connectivity index (χ4n) is 0.747. The van der Waals surface area contributed by atoms with Crippen LogP contribution in [0.3, 0.4) is 0 Å². The van der Waals surface area contributed by atoms with Gasteiger partial charge in [0.15, 0.2) is 5.75 Å². The molecule has 1 heterocycles. The summed E-state index contributed by atoms with van der Waals surface area (Å²) in [6.45, 7) is 1.53. The Bertz CT molecular complexity index is 356. The Kier molecular flexibility index (Phi) is 3.26. The highest BCUT2D eigenvalue weighted by Gasteiger charge is 2.33. The zero-order chi connectivity index (χ0) is 10.9. The smallest absolute Gasteiger partial charge is 0.403 e. The highest BCUT2D eigenvalue weighted by atomic mass is 79.9. The molecule has 0 aliphatic carbocycles. The molecule has 0 fully saturated rings. The second kappa shape index (κ2) is 3.94. The molecule has 0 aliphatic heterocycles. The number of ether oxygens (including phenoxy) is 1. The first-order valence-electron chi connectivity index (χ1n) is 3.37. The van der Waals surface area contributed by atoms with Crippen molar-refractivity contribution in [2.24, 2.45) is 0 Å². The zero-order valence-corrected chi connectivity index (χ0v) is 9.16. The van der Waals surface area contributed by atoms with Crippen molar-refractivity contribution in [3.63, 3.8) is 0 Å². The molecule has 0 amide bonds. The van der Waals surface area contributed by atoms with Crippen LogP contribution >= 0.6 is 27.5 Å². The van der Waals surface area contributed by atoms with Crippen LogP contribution in [0.25, 0.3) is 0 Å². The fourth-order valence-corrected chi connectivity index (χ4v) is 1.44. The summed E-state index contributed by atoms with van der Waals surface area (Å²) in [6.07, 6.45) is -3.66. The Morgan fingerprint density at radius 1 is 1.50 bits per heavy atom. The molecule has 0 atom stereocenters. The highest BCUT2D eigenvalue weighted by Crippen LogP contribution is 2.37. The Morgan fingerprint density at radius 2 is 2.07 bits per heavy atom. The van der Waals surface area contributed by atoms with E-state index in [-0.39, 0.29) is 9.50 Å². The minimum atomic E-state index is -4.76. The summed E-state index contributed by atoms with van der Waals surface area (Å²) in [7, 11) is 0. The third-order valence-corrected chi connectivity index (χ3v) is 2.53. The van der Waals surface area contributed by atoms with E-state index >= 15 is 0 Å². The SMILES string of the molecule is Cc1ncc(Cl)c(OC(F)(F)F)c1Br. The second-order valence-corrected chi connectivity index (χ2v) is 3.58. The van der Waals surface area contributed by atoms with Gasteiger partial charge in [-0.15, -0.1) is 13.2 Å². The number of halogens is 5. The van der Waals surface area contributed by atoms with E-state index in [4.69, 9.17) is 11.6 Å². The zero-order valence-electron chi connectivity index (χ0n) is 6.82. The Morgan fingerprint density at radius 3 is 2.57 bits per heavy atom. The van der Waals surface area contributed by atoms with Crippen molar-refractivity contribution in [2.75, 3.05) is 0 Å². The monoisotopic (exact) mass is 289 g/mol. The van der Waals surface area contributed by atoms with E-state index in [1.807, 2.05) is 0 Å². The van der Waals surface area contributed by atoms with Crippen LogP contribution in [0.2, 0.25) is 5.02 Å². The van der Waals surface area contributed by atoms with Crippen LogP contribution in [-0.2, 0) is 0 Å². The van der Waals surface area contributed by atoms with E-state index in [2.05, 4.69) is 25.7 Å². The molecule has 0 spiro atoms. The van der Waals surface area contributed by atoms with Gasteiger partial charge in [-0.1, -0.05) is 11.6 Å². The number of aryl methyl sites for hydroxylation is 1. The van der Waals surface area contributed by atoms with Gasteiger partial charge >= 0.3 is 6.36 Å². The number of alkyl halides is 3. The average molecular weight is 290 g/mol. The maximum Gasteiger partial charge on any atom is 0.573 e. The molecule has 1 aromatic rings. The summed E-state index contributed by atoms with van der Waals surface area (Å²) >= 11 is 8.40. The molecule has 0 saturated heterocycles. The van der Waals surface area contributed by atoms with Crippen LogP contribution in [0.15, 0.2) is 10.7 Å². The van der Waals surface area contributed by atoms with Gasteiger partial charge in [0, 0.05) is 6.20 Å². The van der Waals surface area contributed by atoms with Crippen molar-refractivity contribution >= 4 is 27.5 Å². The molecule has 0 bridgehead atoms. The third kappa shape index (κ3) is 2.75. The first kappa shape index (κ1) is 11.6. The topological polar surface area (TPSA) is 22.1 Å². The van der Waals surface area contributed by atoms with E-state index in [1.54, 1.807) is 0 Å². The first-order chi connectivity index (χ1) is 6.31. The van der Waals surface area contributed by atoms with Crippen molar-refractivity contribution in [3.8, 4) is 5.75 Å². The van der Waals surface area contributed by atoms with Gasteiger partial charge in [-0.3, -0.25) is 4.98 Å². The van der Waals surface area contributed by atoms with E-state index in [9.17, 15) is 13.2 Å². The van der Waals surface area contributed by atoms with Gasteiger partial charge in [0.25, 0.3) is 0 Å². The Hall–Kier alpha value is -0.490. The maximum atomic E-state index is 11.9. The van der Waals surface area contributed by atoms with Gasteiger partial charge in [0.05, 0.1) is 10.2 Å². The summed E-state index contributed by atoms with van der Waals surface area (Å²) in [5.41, 5.74) is 0.369. The van der Waals surface area contributed by atoms with Crippen molar-refractivity contribution < 1.29 is 17.9 Å². The summed E-state index contributed by atoms with van der Waals surface area (Å²) in [5, 5.41) is -0.195. The minimum Gasteiger partial charge on any atom is -0.403 e. The van der Waals surface area contributed by atoms with E-state index in [0.29, 0.717) is 5.69 Å². The molecule has 0 aromatic carbocycles. The Labute approximate surface area is 91.2 Å². The van der Waals surface area contributed by atoms with Crippen LogP contribution in [0.4, 0.5) is 13.2 Å². The summed E-state index contributed by atoms with van der Waals surface area (Å²) in [5.74, 6) is -0.466. The maximum absolute atomic E-state index is 11.9. The average Bonchev–Trinajstić information content (AvgIpc) is 2.04. The van der Waals surface area contributed by atoms with Crippen molar-refractivity contribution in [3.05, 3.63) is 21.4 Å². The molecular weight excluding hydrogens is 286 g/mol. The number of rotatable bonds is 1. The summed E-state index contributed by atoms with van der Waals surface area (Å²) in [6, 6.07) is 0. The number of pyridine rings is 1. The van der Waals surface area contributed by atoms with Crippen LogP contribution in [0, 0.1) is 6.92 Å². The lowest BCUT2D eigenvalue weighted by molar-refractivity contribution is -0.274. The number of nitrogens with zero attached hydrogens (tertiary/aromatic N) is 1. The van der Waals surface area contributed by atoms with Gasteiger partial charge < -0.3 is 4.74 Å². The quantitative estimate of drug-likeness (QED) is 0.786. The molecule has 1 aromatic heterocycles. The number of aromatic nitrogens is 1. The van der Waals surface area contributed by atoms with Crippen LogP contribution < -0.4 is 4.74 Å². The van der Waals surface area contributed by atoms with E-state index in [0.717, 1.165) is 6.20 Å². The lowest BCUT2D eigenvalue weighted by atomic mass is 10.3. The molecule has 0 unspecified atom stereocenters. The van der Waals surface area contributed by atoms with Crippen LogP contribution in [-0.4, -0.2) is 11.3 Å².